The van der Waals surface area contributed by atoms with Gasteiger partial charge < -0.3 is 10.4 Å². The Hall–Kier alpha value is -1.98. The van der Waals surface area contributed by atoms with Gasteiger partial charge >= 0.3 is 5.97 Å². The third-order valence-electron chi connectivity index (χ3n) is 2.97. The van der Waals surface area contributed by atoms with E-state index in [-0.39, 0.29) is 24.4 Å². The van der Waals surface area contributed by atoms with Crippen LogP contribution in [0, 0.1) is 17.6 Å². The highest BCUT2D eigenvalue weighted by Crippen LogP contribution is 2.12. The monoisotopic (exact) mass is 285 g/mol. The smallest absolute Gasteiger partial charge is 0.303 e. The molecule has 0 fully saturated rings. The molecule has 0 saturated carbocycles. The van der Waals surface area contributed by atoms with Gasteiger partial charge in [-0.1, -0.05) is 13.0 Å². The minimum absolute atomic E-state index is 0.0770. The lowest BCUT2D eigenvalue weighted by molar-refractivity contribution is -0.137. The number of carboxylic acid groups (broad SMARTS) is 1. The lowest BCUT2D eigenvalue weighted by Gasteiger charge is -2.11. The first-order valence-electron chi connectivity index (χ1n) is 6.35. The van der Waals surface area contributed by atoms with Crippen LogP contribution in [0.4, 0.5) is 8.78 Å². The van der Waals surface area contributed by atoms with Gasteiger partial charge in [0.1, 0.15) is 0 Å². The molecule has 0 spiro atoms. The van der Waals surface area contributed by atoms with E-state index in [1.165, 1.54) is 12.1 Å². The van der Waals surface area contributed by atoms with Crippen molar-refractivity contribution in [1.82, 2.24) is 5.32 Å². The second-order valence-electron chi connectivity index (χ2n) is 4.68. The molecule has 0 bridgehead atoms. The van der Waals surface area contributed by atoms with Crippen molar-refractivity contribution in [2.24, 2.45) is 5.92 Å². The molecule has 110 valence electrons. The van der Waals surface area contributed by atoms with Crippen molar-refractivity contribution in [2.75, 3.05) is 6.54 Å². The Morgan fingerprint density at radius 2 is 2.00 bits per heavy atom. The highest BCUT2D eigenvalue weighted by atomic mass is 19.2. The molecule has 6 heteroatoms. The summed E-state index contributed by atoms with van der Waals surface area (Å²) in [5.41, 5.74) is -0.330. The van der Waals surface area contributed by atoms with E-state index in [0.717, 1.165) is 6.07 Å². The fraction of sp³-hybridized carbons (Fsp3) is 0.429. The van der Waals surface area contributed by atoms with E-state index >= 15 is 0 Å². The third-order valence-corrected chi connectivity index (χ3v) is 2.97. The number of rotatable bonds is 7. The third kappa shape index (κ3) is 4.95. The second kappa shape index (κ2) is 7.57. The summed E-state index contributed by atoms with van der Waals surface area (Å²) >= 11 is 0. The van der Waals surface area contributed by atoms with Crippen molar-refractivity contribution in [3.63, 3.8) is 0 Å². The van der Waals surface area contributed by atoms with Gasteiger partial charge in [0.2, 0.25) is 0 Å². The molecule has 1 amide bonds. The van der Waals surface area contributed by atoms with Crippen molar-refractivity contribution in [1.29, 1.82) is 0 Å². The van der Waals surface area contributed by atoms with Crippen LogP contribution in [-0.2, 0) is 4.79 Å². The molecule has 1 atom stereocenters. The fourth-order valence-electron chi connectivity index (χ4n) is 1.72. The van der Waals surface area contributed by atoms with E-state index in [1.807, 2.05) is 6.92 Å². The number of carboxylic acids is 1. The molecule has 0 heterocycles. The van der Waals surface area contributed by atoms with Crippen molar-refractivity contribution in [3.05, 3.63) is 35.4 Å². The number of benzene rings is 1. The number of carbonyl (C=O) groups is 2. The maximum absolute atomic E-state index is 13.3. The maximum Gasteiger partial charge on any atom is 0.303 e. The zero-order valence-electron chi connectivity index (χ0n) is 11.2. The summed E-state index contributed by atoms with van der Waals surface area (Å²) in [7, 11) is 0. The molecule has 0 aliphatic carbocycles. The van der Waals surface area contributed by atoms with Crippen LogP contribution in [0.15, 0.2) is 18.2 Å². The van der Waals surface area contributed by atoms with E-state index in [9.17, 15) is 18.4 Å². The summed E-state index contributed by atoms with van der Waals surface area (Å²) in [4.78, 5) is 22.0. The van der Waals surface area contributed by atoms with Crippen molar-refractivity contribution in [2.45, 2.75) is 26.2 Å². The molecule has 20 heavy (non-hydrogen) atoms. The highest BCUT2D eigenvalue weighted by Gasteiger charge is 2.14. The number of nitrogens with one attached hydrogen (secondary N) is 1. The summed E-state index contributed by atoms with van der Waals surface area (Å²) in [6.45, 7) is 2.16. The Kier molecular flexibility index (Phi) is 6.09. The van der Waals surface area contributed by atoms with Gasteiger partial charge in [-0.2, -0.15) is 0 Å². The highest BCUT2D eigenvalue weighted by molar-refractivity contribution is 5.94. The summed E-state index contributed by atoms with van der Waals surface area (Å²) < 4.78 is 26.3. The Labute approximate surface area is 115 Å². The number of amides is 1. The summed E-state index contributed by atoms with van der Waals surface area (Å²) in [5.74, 6) is -3.63. The molecule has 1 aromatic rings. The quantitative estimate of drug-likeness (QED) is 0.809. The number of halogens is 2. The zero-order valence-corrected chi connectivity index (χ0v) is 11.2. The van der Waals surface area contributed by atoms with Crippen LogP contribution in [0.1, 0.15) is 36.5 Å². The van der Waals surface area contributed by atoms with Gasteiger partial charge in [-0.05, 0) is 30.9 Å². The molecule has 1 aromatic carbocycles. The van der Waals surface area contributed by atoms with Gasteiger partial charge in [-0.15, -0.1) is 0 Å². The van der Waals surface area contributed by atoms with Gasteiger partial charge in [0.05, 0.1) is 5.56 Å². The van der Waals surface area contributed by atoms with E-state index in [4.69, 9.17) is 5.11 Å². The number of carbonyl (C=O) groups excluding carboxylic acids is 1. The summed E-state index contributed by atoms with van der Waals surface area (Å²) in [6, 6.07) is 3.42. The molecule has 0 radical (unpaired) electrons. The van der Waals surface area contributed by atoms with Gasteiger partial charge in [0.15, 0.2) is 11.6 Å². The Morgan fingerprint density at radius 1 is 1.30 bits per heavy atom. The van der Waals surface area contributed by atoms with E-state index in [1.54, 1.807) is 0 Å². The predicted molar refractivity (Wildman–Crippen MR) is 69.3 cm³/mol. The first-order chi connectivity index (χ1) is 9.41. The Bertz CT molecular complexity index is 491. The minimum atomic E-state index is -1.16. The van der Waals surface area contributed by atoms with E-state index < -0.39 is 23.5 Å². The molecule has 1 unspecified atom stereocenters. The SMILES string of the molecule is CC(CCNC(=O)c1cccc(F)c1F)CCC(=O)O. The van der Waals surface area contributed by atoms with Gasteiger partial charge in [0, 0.05) is 13.0 Å². The topological polar surface area (TPSA) is 66.4 Å². The van der Waals surface area contributed by atoms with Crippen molar-refractivity contribution < 1.29 is 23.5 Å². The Balaban J connectivity index is 2.40. The standard InChI is InChI=1S/C14H17F2NO3/c1-9(5-6-12(18)19)7-8-17-14(20)10-3-2-4-11(15)13(10)16/h2-4,9H,5-8H2,1H3,(H,17,20)(H,18,19). The van der Waals surface area contributed by atoms with Gasteiger partial charge in [0.25, 0.3) is 5.91 Å². The predicted octanol–water partition coefficient (Wildman–Crippen LogP) is 2.59. The van der Waals surface area contributed by atoms with Crippen molar-refractivity contribution in [3.8, 4) is 0 Å². The van der Waals surface area contributed by atoms with Crippen LogP contribution < -0.4 is 5.32 Å². The molecular weight excluding hydrogens is 268 g/mol. The van der Waals surface area contributed by atoms with E-state index in [2.05, 4.69) is 5.32 Å². The molecule has 1 rings (SSSR count). The molecule has 0 aliphatic rings. The normalized spacial score (nSPS) is 11.9. The molecular formula is C14H17F2NO3. The van der Waals surface area contributed by atoms with Crippen molar-refractivity contribution >= 4 is 11.9 Å². The first-order valence-corrected chi connectivity index (χ1v) is 6.35. The first kappa shape index (κ1) is 16.1. The zero-order chi connectivity index (χ0) is 15.1. The fourth-order valence-corrected chi connectivity index (χ4v) is 1.72. The van der Waals surface area contributed by atoms with E-state index in [0.29, 0.717) is 12.8 Å². The maximum atomic E-state index is 13.3. The number of aliphatic carboxylic acids is 1. The average molecular weight is 285 g/mol. The molecule has 2 N–H and O–H groups in total. The summed E-state index contributed by atoms with van der Waals surface area (Å²) in [5, 5.41) is 11.0. The van der Waals surface area contributed by atoms with Crippen LogP contribution in [-0.4, -0.2) is 23.5 Å². The number of hydrogen-bond donors (Lipinski definition) is 2. The van der Waals surface area contributed by atoms with Crippen LogP contribution >= 0.6 is 0 Å². The van der Waals surface area contributed by atoms with Crippen LogP contribution in [0.25, 0.3) is 0 Å². The molecule has 0 aromatic heterocycles. The average Bonchev–Trinajstić information content (AvgIpc) is 2.39. The van der Waals surface area contributed by atoms with Gasteiger partial charge in [-0.3, -0.25) is 9.59 Å². The number of hydrogen-bond acceptors (Lipinski definition) is 2. The minimum Gasteiger partial charge on any atom is -0.481 e. The van der Waals surface area contributed by atoms with Crippen LogP contribution in [0.2, 0.25) is 0 Å². The largest absolute Gasteiger partial charge is 0.481 e. The Morgan fingerprint density at radius 3 is 2.65 bits per heavy atom. The van der Waals surface area contributed by atoms with Crippen LogP contribution in [0.5, 0.6) is 0 Å². The lowest BCUT2D eigenvalue weighted by atomic mass is 10.0. The second-order valence-corrected chi connectivity index (χ2v) is 4.68. The summed E-state index contributed by atoms with van der Waals surface area (Å²) in [6.07, 6.45) is 1.17. The van der Waals surface area contributed by atoms with Crippen LogP contribution in [0.3, 0.4) is 0 Å². The molecule has 0 saturated heterocycles. The molecule has 0 aliphatic heterocycles. The lowest BCUT2D eigenvalue weighted by Crippen LogP contribution is -2.26. The molecule has 4 nitrogen and oxygen atoms in total. The van der Waals surface area contributed by atoms with Gasteiger partial charge in [-0.25, -0.2) is 8.78 Å².